The Morgan fingerprint density at radius 3 is 2.71 bits per heavy atom. The van der Waals surface area contributed by atoms with Gasteiger partial charge in [0.15, 0.2) is 16.7 Å². The maximum absolute atomic E-state index is 5.96. The van der Waals surface area contributed by atoms with Crippen LogP contribution in [-0.4, -0.2) is 23.2 Å². The molecule has 88 valence electrons. The second-order valence-electron chi connectivity index (χ2n) is 3.53. The van der Waals surface area contributed by atoms with Crippen molar-refractivity contribution >= 4 is 17.4 Å². The fourth-order valence-electron chi connectivity index (χ4n) is 1.59. The number of hydrogen-bond acceptors (Lipinski definition) is 5. The van der Waals surface area contributed by atoms with E-state index in [4.69, 9.17) is 15.2 Å². The molecule has 0 saturated heterocycles. The summed E-state index contributed by atoms with van der Waals surface area (Å²) in [4.78, 5) is 8.07. The minimum absolute atomic E-state index is 0.567. The van der Waals surface area contributed by atoms with Gasteiger partial charge in [-0.3, -0.25) is 0 Å². The molecule has 1 aromatic carbocycles. The first kappa shape index (κ1) is 10.3. The molecule has 3 N–H and O–H groups in total. The average Bonchev–Trinajstić information content (AvgIpc) is 2.83. The van der Waals surface area contributed by atoms with Gasteiger partial charge in [-0.15, -0.1) is 0 Å². The summed E-state index contributed by atoms with van der Waals surface area (Å²) in [6.07, 6.45) is 3.48. The summed E-state index contributed by atoms with van der Waals surface area (Å²) in [7, 11) is 0. The number of hydrogen-bond donors (Lipinski definition) is 2. The van der Waals surface area contributed by atoms with Gasteiger partial charge in [0.25, 0.3) is 0 Å². The first-order valence-electron chi connectivity index (χ1n) is 5.19. The van der Waals surface area contributed by atoms with Crippen molar-refractivity contribution in [3.63, 3.8) is 0 Å². The number of aromatic nitrogens is 2. The summed E-state index contributed by atoms with van der Waals surface area (Å²) in [5.41, 5.74) is 6.63. The second kappa shape index (κ2) is 4.21. The Hall–Kier alpha value is -1.82. The number of aromatic amines is 1. The van der Waals surface area contributed by atoms with E-state index in [2.05, 4.69) is 9.97 Å². The molecular formula is C11H11N3O2S. The van der Waals surface area contributed by atoms with Crippen molar-refractivity contribution in [1.29, 1.82) is 0 Å². The van der Waals surface area contributed by atoms with E-state index in [1.54, 1.807) is 18.5 Å². The lowest BCUT2D eigenvalue weighted by Crippen LogP contribution is -2.15. The van der Waals surface area contributed by atoms with Crippen LogP contribution in [0.2, 0.25) is 0 Å². The van der Waals surface area contributed by atoms with Gasteiger partial charge < -0.3 is 20.2 Å². The number of anilines is 1. The van der Waals surface area contributed by atoms with Crippen LogP contribution < -0.4 is 15.2 Å². The number of rotatable bonds is 2. The van der Waals surface area contributed by atoms with Gasteiger partial charge in [0.2, 0.25) is 0 Å². The molecule has 1 aliphatic heterocycles. The van der Waals surface area contributed by atoms with E-state index < -0.39 is 0 Å². The number of nitrogens with one attached hydrogen (secondary N) is 1. The van der Waals surface area contributed by atoms with Gasteiger partial charge in [-0.2, -0.15) is 0 Å². The van der Waals surface area contributed by atoms with Gasteiger partial charge >= 0.3 is 0 Å². The standard InChI is InChI=1S/C11H11N3O2S/c12-7-5-8-9(16-4-3-15-8)6-10(7)17-11-13-1-2-14-11/h1-2,5-6H,3-4,12H2,(H,13,14). The number of H-pyrrole nitrogens is 1. The Balaban J connectivity index is 1.94. The van der Waals surface area contributed by atoms with Crippen molar-refractivity contribution < 1.29 is 9.47 Å². The first-order chi connectivity index (χ1) is 8.33. The van der Waals surface area contributed by atoms with E-state index in [0.717, 1.165) is 15.8 Å². The third-order valence-corrected chi connectivity index (χ3v) is 3.34. The quantitative estimate of drug-likeness (QED) is 0.795. The van der Waals surface area contributed by atoms with Crippen LogP contribution in [-0.2, 0) is 0 Å². The van der Waals surface area contributed by atoms with Gasteiger partial charge in [0, 0.05) is 35.1 Å². The Bertz CT molecular complexity index is 528. The predicted molar refractivity (Wildman–Crippen MR) is 64.6 cm³/mol. The highest BCUT2D eigenvalue weighted by Crippen LogP contribution is 2.40. The zero-order valence-electron chi connectivity index (χ0n) is 8.97. The summed E-state index contributed by atoms with van der Waals surface area (Å²) in [6.45, 7) is 1.14. The molecule has 0 amide bonds. The van der Waals surface area contributed by atoms with Crippen molar-refractivity contribution in [1.82, 2.24) is 9.97 Å². The molecule has 0 radical (unpaired) electrons. The molecular weight excluding hydrogens is 238 g/mol. The molecule has 0 atom stereocenters. The van der Waals surface area contributed by atoms with Crippen LogP contribution in [0.25, 0.3) is 0 Å². The number of fused-ring (bicyclic) bond motifs is 1. The molecule has 17 heavy (non-hydrogen) atoms. The maximum Gasteiger partial charge on any atom is 0.170 e. The largest absolute Gasteiger partial charge is 0.486 e. The molecule has 0 bridgehead atoms. The van der Waals surface area contributed by atoms with E-state index in [0.29, 0.717) is 24.7 Å². The lowest BCUT2D eigenvalue weighted by molar-refractivity contribution is 0.171. The number of nitrogens with zero attached hydrogens (tertiary/aromatic N) is 1. The number of imidazole rings is 1. The number of nitrogens with two attached hydrogens (primary N) is 1. The van der Waals surface area contributed by atoms with E-state index in [9.17, 15) is 0 Å². The van der Waals surface area contributed by atoms with E-state index in [1.807, 2.05) is 6.07 Å². The predicted octanol–water partition coefficient (Wildman–Crippen LogP) is 1.91. The molecule has 0 spiro atoms. The molecule has 1 aromatic heterocycles. The van der Waals surface area contributed by atoms with Crippen LogP contribution in [0.5, 0.6) is 11.5 Å². The second-order valence-corrected chi connectivity index (χ2v) is 4.56. The van der Waals surface area contributed by atoms with E-state index in [1.165, 1.54) is 11.8 Å². The van der Waals surface area contributed by atoms with Crippen molar-refractivity contribution in [2.75, 3.05) is 18.9 Å². The van der Waals surface area contributed by atoms with Gasteiger partial charge in [-0.1, -0.05) is 0 Å². The van der Waals surface area contributed by atoms with Crippen LogP contribution in [0, 0.1) is 0 Å². The van der Waals surface area contributed by atoms with Gasteiger partial charge in [-0.25, -0.2) is 4.98 Å². The Morgan fingerprint density at radius 1 is 1.24 bits per heavy atom. The molecule has 3 rings (SSSR count). The first-order valence-corrected chi connectivity index (χ1v) is 6.01. The van der Waals surface area contributed by atoms with E-state index >= 15 is 0 Å². The monoisotopic (exact) mass is 249 g/mol. The highest BCUT2D eigenvalue weighted by molar-refractivity contribution is 7.99. The highest BCUT2D eigenvalue weighted by Gasteiger charge is 2.15. The smallest absolute Gasteiger partial charge is 0.170 e. The van der Waals surface area contributed by atoms with Crippen LogP contribution in [0.1, 0.15) is 0 Å². The topological polar surface area (TPSA) is 73.2 Å². The van der Waals surface area contributed by atoms with Crippen molar-refractivity contribution in [3.8, 4) is 11.5 Å². The lowest BCUT2D eigenvalue weighted by atomic mass is 10.2. The van der Waals surface area contributed by atoms with Crippen molar-refractivity contribution in [2.45, 2.75) is 10.1 Å². The van der Waals surface area contributed by atoms with Gasteiger partial charge in [0.05, 0.1) is 0 Å². The average molecular weight is 249 g/mol. The molecule has 6 heteroatoms. The number of nitrogen functional groups attached to an aromatic ring is 1. The Labute approximate surface area is 102 Å². The van der Waals surface area contributed by atoms with E-state index in [-0.39, 0.29) is 0 Å². The molecule has 2 heterocycles. The zero-order valence-corrected chi connectivity index (χ0v) is 9.79. The molecule has 2 aromatic rings. The van der Waals surface area contributed by atoms with Crippen LogP contribution in [0.4, 0.5) is 5.69 Å². The third-order valence-electron chi connectivity index (χ3n) is 2.35. The van der Waals surface area contributed by atoms with Crippen LogP contribution >= 0.6 is 11.8 Å². The Morgan fingerprint density at radius 2 is 2.00 bits per heavy atom. The summed E-state index contributed by atoms with van der Waals surface area (Å²) >= 11 is 1.47. The van der Waals surface area contributed by atoms with Crippen molar-refractivity contribution in [2.24, 2.45) is 0 Å². The van der Waals surface area contributed by atoms with Gasteiger partial charge in [0.1, 0.15) is 13.2 Å². The normalized spacial score (nSPS) is 13.6. The minimum Gasteiger partial charge on any atom is -0.486 e. The molecule has 1 aliphatic rings. The molecule has 0 saturated carbocycles. The van der Waals surface area contributed by atoms with Gasteiger partial charge in [-0.05, 0) is 11.8 Å². The summed E-state index contributed by atoms with van der Waals surface area (Å²) in [5.74, 6) is 1.44. The summed E-state index contributed by atoms with van der Waals surface area (Å²) in [5, 5.41) is 0.799. The fraction of sp³-hybridized carbons (Fsp3) is 0.182. The molecule has 5 nitrogen and oxygen atoms in total. The fourth-order valence-corrected chi connectivity index (χ4v) is 2.38. The SMILES string of the molecule is Nc1cc2c(cc1Sc1ncc[nH]1)OCCO2. The molecule has 0 fully saturated rings. The van der Waals surface area contributed by atoms with Crippen molar-refractivity contribution in [3.05, 3.63) is 24.5 Å². The zero-order chi connectivity index (χ0) is 11.7. The Kier molecular flexibility index (Phi) is 2.56. The number of benzene rings is 1. The maximum atomic E-state index is 5.96. The van der Waals surface area contributed by atoms with Crippen LogP contribution in [0.3, 0.4) is 0 Å². The van der Waals surface area contributed by atoms with Crippen LogP contribution in [0.15, 0.2) is 34.6 Å². The number of ether oxygens (including phenoxy) is 2. The molecule has 0 unspecified atom stereocenters. The lowest BCUT2D eigenvalue weighted by Gasteiger charge is -2.19. The summed E-state index contributed by atoms with van der Waals surface area (Å²) in [6, 6.07) is 3.68. The minimum atomic E-state index is 0.567. The molecule has 0 aliphatic carbocycles. The third kappa shape index (κ3) is 2.03. The summed E-state index contributed by atoms with van der Waals surface area (Å²) < 4.78 is 11.0. The highest BCUT2D eigenvalue weighted by atomic mass is 32.2.